The fraction of sp³-hybridized carbons (Fsp3) is 0.391. The first kappa shape index (κ1) is 20.2. The van der Waals surface area contributed by atoms with Crippen molar-refractivity contribution in [1.82, 2.24) is 9.80 Å². The summed E-state index contributed by atoms with van der Waals surface area (Å²) in [5.41, 5.74) is 2.45. The highest BCUT2D eigenvalue weighted by Gasteiger charge is 2.20. The first-order valence-electron chi connectivity index (χ1n) is 9.86. The van der Waals surface area contributed by atoms with E-state index in [-0.39, 0.29) is 30.3 Å². The van der Waals surface area contributed by atoms with Gasteiger partial charge in [-0.15, -0.1) is 0 Å². The zero-order chi connectivity index (χ0) is 19.9. The molecule has 2 aromatic carbocycles. The molecule has 1 aliphatic rings. The molecule has 0 spiro atoms. The van der Waals surface area contributed by atoms with Gasteiger partial charge in [-0.05, 0) is 19.4 Å². The molecule has 0 unspecified atom stereocenters. The summed E-state index contributed by atoms with van der Waals surface area (Å²) in [4.78, 5) is 28.9. The van der Waals surface area contributed by atoms with Crippen LogP contribution in [0.4, 0.5) is 4.39 Å². The molecule has 0 radical (unpaired) electrons. The second kappa shape index (κ2) is 9.60. The number of benzene rings is 2. The molecule has 1 saturated heterocycles. The molecular weight excluding hydrogens is 355 g/mol. The molecule has 1 aliphatic heterocycles. The molecule has 0 aliphatic carbocycles. The van der Waals surface area contributed by atoms with Crippen LogP contribution in [0.3, 0.4) is 0 Å². The van der Waals surface area contributed by atoms with Gasteiger partial charge >= 0.3 is 0 Å². The molecule has 5 heteroatoms. The number of amides is 1. The van der Waals surface area contributed by atoms with E-state index < -0.39 is 0 Å². The van der Waals surface area contributed by atoms with Crippen LogP contribution in [-0.2, 0) is 11.3 Å². The minimum absolute atomic E-state index is 0.00403. The third kappa shape index (κ3) is 5.49. The van der Waals surface area contributed by atoms with Gasteiger partial charge in [0.2, 0.25) is 5.91 Å². The summed E-state index contributed by atoms with van der Waals surface area (Å²) >= 11 is 0. The largest absolute Gasteiger partial charge is 0.341 e. The van der Waals surface area contributed by atoms with E-state index in [1.165, 1.54) is 6.07 Å². The quantitative estimate of drug-likeness (QED) is 0.713. The Kier molecular flexibility index (Phi) is 6.93. The molecule has 4 nitrogen and oxygen atoms in total. The third-order valence-corrected chi connectivity index (χ3v) is 5.23. The van der Waals surface area contributed by atoms with E-state index in [2.05, 4.69) is 4.90 Å². The average molecular weight is 382 g/mol. The summed E-state index contributed by atoms with van der Waals surface area (Å²) in [6, 6.07) is 14.3. The molecule has 148 valence electrons. The second-order valence-electron chi connectivity index (χ2n) is 7.39. The van der Waals surface area contributed by atoms with E-state index in [4.69, 9.17) is 0 Å². The molecule has 0 N–H and O–H groups in total. The molecule has 0 atom stereocenters. The molecule has 28 heavy (non-hydrogen) atoms. The van der Waals surface area contributed by atoms with Gasteiger partial charge in [-0.3, -0.25) is 14.5 Å². The highest BCUT2D eigenvalue weighted by molar-refractivity contribution is 5.97. The first-order chi connectivity index (χ1) is 13.5. The Balaban J connectivity index is 1.48. The number of hydrogen-bond donors (Lipinski definition) is 0. The van der Waals surface area contributed by atoms with E-state index in [0.29, 0.717) is 37.3 Å². The zero-order valence-corrected chi connectivity index (χ0v) is 16.4. The van der Waals surface area contributed by atoms with Crippen LogP contribution >= 0.6 is 0 Å². The number of ketones is 1. The van der Waals surface area contributed by atoms with Crippen LogP contribution < -0.4 is 0 Å². The lowest BCUT2D eigenvalue weighted by molar-refractivity contribution is -0.131. The normalized spacial score (nSPS) is 15.3. The molecule has 0 aromatic heterocycles. The standard InChI is InChI=1S/C23H27FN2O2/c1-18-7-9-19(10-8-18)22(27)11-12-23(28)26-14-4-13-25(15-16-26)17-20-5-2-3-6-21(20)24/h2-3,5-10H,4,11-17H2,1H3. The van der Waals surface area contributed by atoms with E-state index in [0.717, 1.165) is 18.5 Å². The summed E-state index contributed by atoms with van der Waals surface area (Å²) in [6.45, 7) is 5.39. The summed E-state index contributed by atoms with van der Waals surface area (Å²) in [5.74, 6) is -0.160. The van der Waals surface area contributed by atoms with Gasteiger partial charge in [-0.25, -0.2) is 4.39 Å². The van der Waals surface area contributed by atoms with Crippen molar-refractivity contribution in [3.63, 3.8) is 0 Å². The number of nitrogens with zero attached hydrogens (tertiary/aromatic N) is 2. The Hall–Kier alpha value is -2.53. The van der Waals surface area contributed by atoms with E-state index in [1.807, 2.05) is 42.2 Å². The van der Waals surface area contributed by atoms with Crippen LogP contribution in [0.2, 0.25) is 0 Å². The van der Waals surface area contributed by atoms with E-state index in [1.54, 1.807) is 12.1 Å². The van der Waals surface area contributed by atoms with Gasteiger partial charge in [0.25, 0.3) is 0 Å². The van der Waals surface area contributed by atoms with Crippen molar-refractivity contribution < 1.29 is 14.0 Å². The zero-order valence-electron chi connectivity index (χ0n) is 16.4. The Bertz CT molecular complexity index is 820. The number of rotatable bonds is 6. The molecule has 2 aromatic rings. The molecule has 1 amide bonds. The smallest absolute Gasteiger partial charge is 0.223 e. The van der Waals surface area contributed by atoms with Crippen molar-refractivity contribution in [1.29, 1.82) is 0 Å². The predicted molar refractivity (Wildman–Crippen MR) is 108 cm³/mol. The van der Waals surface area contributed by atoms with Crippen molar-refractivity contribution in [2.45, 2.75) is 32.7 Å². The first-order valence-corrected chi connectivity index (χ1v) is 9.86. The number of aryl methyl sites for hydroxylation is 1. The van der Waals surface area contributed by atoms with E-state index in [9.17, 15) is 14.0 Å². The minimum Gasteiger partial charge on any atom is -0.341 e. The van der Waals surface area contributed by atoms with Crippen LogP contribution in [0, 0.1) is 12.7 Å². The lowest BCUT2D eigenvalue weighted by Gasteiger charge is -2.22. The molecule has 3 rings (SSSR count). The van der Waals surface area contributed by atoms with Gasteiger partial charge in [0.05, 0.1) is 0 Å². The van der Waals surface area contributed by atoms with Gasteiger partial charge in [0, 0.05) is 56.7 Å². The van der Waals surface area contributed by atoms with Crippen molar-refractivity contribution in [3.8, 4) is 0 Å². The highest BCUT2D eigenvalue weighted by Crippen LogP contribution is 2.14. The topological polar surface area (TPSA) is 40.6 Å². The Labute approximate surface area is 166 Å². The summed E-state index contributed by atoms with van der Waals surface area (Å²) in [5, 5.41) is 0. The van der Waals surface area contributed by atoms with Crippen molar-refractivity contribution in [3.05, 3.63) is 71.0 Å². The van der Waals surface area contributed by atoms with Crippen LogP contribution in [0.15, 0.2) is 48.5 Å². The van der Waals surface area contributed by atoms with Crippen molar-refractivity contribution >= 4 is 11.7 Å². The predicted octanol–water partition coefficient (Wildman–Crippen LogP) is 3.83. The van der Waals surface area contributed by atoms with Crippen LogP contribution in [-0.4, -0.2) is 47.7 Å². The lowest BCUT2D eigenvalue weighted by Crippen LogP contribution is -2.35. The maximum absolute atomic E-state index is 13.9. The molecule has 1 heterocycles. The van der Waals surface area contributed by atoms with Crippen LogP contribution in [0.5, 0.6) is 0 Å². The Morgan fingerprint density at radius 2 is 1.68 bits per heavy atom. The Morgan fingerprint density at radius 3 is 2.43 bits per heavy atom. The van der Waals surface area contributed by atoms with Gasteiger partial charge in [-0.1, -0.05) is 48.0 Å². The number of carbonyl (C=O) groups is 2. The summed E-state index contributed by atoms with van der Waals surface area (Å²) in [6.07, 6.45) is 1.32. The second-order valence-corrected chi connectivity index (χ2v) is 7.39. The number of halogens is 1. The van der Waals surface area contributed by atoms with E-state index >= 15 is 0 Å². The fourth-order valence-electron chi connectivity index (χ4n) is 3.51. The number of Topliss-reactive ketones (excluding diaryl/α,β-unsaturated/α-hetero) is 1. The van der Waals surface area contributed by atoms with Crippen LogP contribution in [0.25, 0.3) is 0 Å². The monoisotopic (exact) mass is 382 g/mol. The minimum atomic E-state index is -0.186. The van der Waals surface area contributed by atoms with Gasteiger partial charge in [0.15, 0.2) is 5.78 Å². The number of hydrogen-bond acceptors (Lipinski definition) is 3. The van der Waals surface area contributed by atoms with Gasteiger partial charge in [0.1, 0.15) is 5.82 Å². The Morgan fingerprint density at radius 1 is 0.929 bits per heavy atom. The maximum Gasteiger partial charge on any atom is 0.223 e. The van der Waals surface area contributed by atoms with Crippen molar-refractivity contribution in [2.24, 2.45) is 0 Å². The molecule has 1 fully saturated rings. The maximum atomic E-state index is 13.9. The van der Waals surface area contributed by atoms with Gasteiger partial charge in [-0.2, -0.15) is 0 Å². The van der Waals surface area contributed by atoms with Crippen LogP contribution in [0.1, 0.15) is 40.7 Å². The summed E-state index contributed by atoms with van der Waals surface area (Å²) < 4.78 is 13.9. The fourth-order valence-corrected chi connectivity index (χ4v) is 3.51. The molecular formula is C23H27FN2O2. The van der Waals surface area contributed by atoms with Gasteiger partial charge < -0.3 is 4.90 Å². The molecule has 0 saturated carbocycles. The van der Waals surface area contributed by atoms with Crippen molar-refractivity contribution in [2.75, 3.05) is 26.2 Å². The summed E-state index contributed by atoms with van der Waals surface area (Å²) in [7, 11) is 0. The number of carbonyl (C=O) groups excluding carboxylic acids is 2. The highest BCUT2D eigenvalue weighted by atomic mass is 19.1. The molecule has 0 bridgehead atoms. The average Bonchev–Trinajstić information content (AvgIpc) is 2.94. The third-order valence-electron chi connectivity index (χ3n) is 5.23. The SMILES string of the molecule is Cc1ccc(C(=O)CCC(=O)N2CCCN(Cc3ccccc3F)CC2)cc1. The lowest BCUT2D eigenvalue weighted by atomic mass is 10.0.